The first-order valence-electron chi connectivity index (χ1n) is 14.6. The van der Waals surface area contributed by atoms with Gasteiger partial charge in [-0.2, -0.15) is 8.78 Å². The first kappa shape index (κ1) is 27.4. The zero-order chi connectivity index (χ0) is 25.3. The van der Waals surface area contributed by atoms with Gasteiger partial charge in [-0.25, -0.2) is 0 Å². The summed E-state index contributed by atoms with van der Waals surface area (Å²) in [7, 11) is 0. The van der Waals surface area contributed by atoms with Crippen molar-refractivity contribution >= 4 is 0 Å². The van der Waals surface area contributed by atoms with E-state index in [0.717, 1.165) is 37.2 Å². The van der Waals surface area contributed by atoms with Gasteiger partial charge in [-0.3, -0.25) is 0 Å². The van der Waals surface area contributed by atoms with Crippen LogP contribution in [0.25, 0.3) is 0 Å². The van der Waals surface area contributed by atoms with E-state index in [1.54, 1.807) is 6.92 Å². The van der Waals surface area contributed by atoms with Crippen LogP contribution in [0.5, 0.6) is 11.5 Å². The number of allylic oxidation sites excluding steroid dienone is 2. The maximum absolute atomic E-state index is 14.3. The summed E-state index contributed by atoms with van der Waals surface area (Å²) in [6, 6.07) is 2.92. The van der Waals surface area contributed by atoms with Gasteiger partial charge in [-0.15, -0.1) is 0 Å². The lowest BCUT2D eigenvalue weighted by atomic mass is 9.71. The quantitative estimate of drug-likeness (QED) is 0.283. The van der Waals surface area contributed by atoms with Gasteiger partial charge in [0.2, 0.25) is 11.6 Å². The van der Waals surface area contributed by atoms with Crippen LogP contribution in [0.4, 0.5) is 8.78 Å². The molecule has 1 aromatic rings. The molecule has 2 unspecified atom stereocenters. The molecule has 0 radical (unpaired) electrons. The van der Waals surface area contributed by atoms with Gasteiger partial charge in [-0.05, 0) is 133 Å². The average molecular weight is 505 g/mol. The number of ether oxygens (including phenoxy) is 3. The van der Waals surface area contributed by atoms with Crippen LogP contribution in [0.3, 0.4) is 0 Å². The Morgan fingerprint density at radius 1 is 0.694 bits per heavy atom. The molecule has 0 heterocycles. The van der Waals surface area contributed by atoms with Crippen molar-refractivity contribution in [1.29, 1.82) is 0 Å². The summed E-state index contributed by atoms with van der Waals surface area (Å²) < 4.78 is 45.0. The smallest absolute Gasteiger partial charge is 0.204 e. The summed E-state index contributed by atoms with van der Waals surface area (Å²) >= 11 is 0. The van der Waals surface area contributed by atoms with Crippen molar-refractivity contribution in [3.8, 4) is 11.5 Å². The summed E-state index contributed by atoms with van der Waals surface area (Å²) in [5.41, 5.74) is 0. The van der Waals surface area contributed by atoms with E-state index in [-0.39, 0.29) is 11.5 Å². The predicted molar refractivity (Wildman–Crippen MR) is 140 cm³/mol. The second kappa shape index (κ2) is 13.8. The normalized spacial score (nSPS) is 30.8. The minimum absolute atomic E-state index is 0.0123. The molecule has 1 aromatic carbocycles. The van der Waals surface area contributed by atoms with Crippen molar-refractivity contribution in [1.82, 2.24) is 0 Å². The number of benzene rings is 1. The summed E-state index contributed by atoms with van der Waals surface area (Å²) in [5.74, 6) is 1.56. The van der Waals surface area contributed by atoms with E-state index in [4.69, 9.17) is 14.2 Å². The van der Waals surface area contributed by atoms with Crippen molar-refractivity contribution in [3.63, 3.8) is 0 Å². The van der Waals surface area contributed by atoms with E-state index in [9.17, 15) is 8.78 Å². The molecule has 0 N–H and O–H groups in total. The lowest BCUT2D eigenvalue weighted by Crippen LogP contribution is -2.26. The summed E-state index contributed by atoms with van der Waals surface area (Å²) in [5, 5.41) is 0. The topological polar surface area (TPSA) is 27.7 Å². The highest BCUT2D eigenvalue weighted by molar-refractivity contribution is 5.35. The Morgan fingerprint density at radius 3 is 1.97 bits per heavy atom. The van der Waals surface area contributed by atoms with E-state index in [1.165, 1.54) is 76.3 Å². The minimum Gasteiger partial charge on any atom is -0.491 e. The molecule has 4 rings (SSSR count). The highest BCUT2D eigenvalue weighted by Crippen LogP contribution is 2.40. The van der Waals surface area contributed by atoms with Crippen LogP contribution in [-0.4, -0.2) is 25.9 Å². The van der Waals surface area contributed by atoms with Crippen molar-refractivity contribution in [2.75, 3.05) is 19.8 Å². The Bertz CT molecular complexity index is 825. The molecule has 0 spiro atoms. The molecule has 0 aliphatic heterocycles. The Balaban J connectivity index is 1.14. The molecule has 0 amide bonds. The molecule has 202 valence electrons. The maximum Gasteiger partial charge on any atom is 0.204 e. The van der Waals surface area contributed by atoms with Crippen molar-refractivity contribution < 1.29 is 23.0 Å². The second-order valence-corrected chi connectivity index (χ2v) is 11.3. The molecule has 36 heavy (non-hydrogen) atoms. The van der Waals surface area contributed by atoms with Crippen molar-refractivity contribution in [3.05, 3.63) is 35.9 Å². The van der Waals surface area contributed by atoms with Crippen LogP contribution in [0, 0.1) is 41.2 Å². The molecule has 3 nitrogen and oxygen atoms in total. The van der Waals surface area contributed by atoms with Crippen molar-refractivity contribution in [2.45, 2.75) is 97.0 Å². The van der Waals surface area contributed by atoms with Gasteiger partial charge < -0.3 is 14.2 Å². The lowest BCUT2D eigenvalue weighted by molar-refractivity contribution is 0.0242. The van der Waals surface area contributed by atoms with Crippen LogP contribution in [0.1, 0.15) is 90.9 Å². The Labute approximate surface area is 217 Å². The standard InChI is InChI=1S/C31H46F2O3/c1-3-34-27-17-11-23(12-18-27)6-5-22-7-13-25(14-8-22)26-15-9-24(10-16-26)21-36-29-20-19-28(35-4-2)30(32)31(29)33/h7,13,19-20,22-27H,3-6,8-12,14-18,21H2,1-2H3. The van der Waals surface area contributed by atoms with E-state index in [0.29, 0.717) is 31.2 Å². The molecule has 0 bridgehead atoms. The zero-order valence-corrected chi connectivity index (χ0v) is 22.4. The Kier molecular flexibility index (Phi) is 10.5. The number of halogens is 2. The van der Waals surface area contributed by atoms with E-state index < -0.39 is 11.6 Å². The fourth-order valence-corrected chi connectivity index (χ4v) is 6.69. The first-order chi connectivity index (χ1) is 17.6. The summed E-state index contributed by atoms with van der Waals surface area (Å²) in [6.45, 7) is 5.45. The molecule has 5 heteroatoms. The molecular formula is C31H46F2O3. The molecule has 2 saturated carbocycles. The van der Waals surface area contributed by atoms with Gasteiger partial charge >= 0.3 is 0 Å². The zero-order valence-electron chi connectivity index (χ0n) is 22.4. The highest BCUT2D eigenvalue weighted by Gasteiger charge is 2.29. The monoisotopic (exact) mass is 504 g/mol. The predicted octanol–water partition coefficient (Wildman–Crippen LogP) is 8.51. The SMILES string of the molecule is CCOc1ccc(OCC2CCC(C3C=CC(CCC4CCC(OCC)CC4)CC3)CC2)c(F)c1F. The van der Waals surface area contributed by atoms with Crippen LogP contribution >= 0.6 is 0 Å². The number of hydrogen-bond acceptors (Lipinski definition) is 3. The minimum atomic E-state index is -0.964. The Morgan fingerprint density at radius 2 is 1.36 bits per heavy atom. The van der Waals surface area contributed by atoms with Gasteiger partial charge in [0.25, 0.3) is 0 Å². The summed E-state index contributed by atoms with van der Waals surface area (Å²) in [6.07, 6.45) is 20.7. The molecule has 3 aliphatic rings. The fraction of sp³-hybridized carbons (Fsp3) is 0.742. The van der Waals surface area contributed by atoms with Gasteiger partial charge in [-0.1, -0.05) is 12.2 Å². The van der Waals surface area contributed by atoms with Gasteiger partial charge in [0.05, 0.1) is 19.3 Å². The molecule has 3 aliphatic carbocycles. The lowest BCUT2D eigenvalue weighted by Gasteiger charge is -2.35. The molecular weight excluding hydrogens is 458 g/mol. The third-order valence-electron chi connectivity index (χ3n) is 8.93. The molecule has 0 saturated heterocycles. The van der Waals surface area contributed by atoms with E-state index >= 15 is 0 Å². The van der Waals surface area contributed by atoms with E-state index in [1.807, 2.05) is 0 Å². The maximum atomic E-state index is 14.3. The fourth-order valence-electron chi connectivity index (χ4n) is 6.69. The third-order valence-corrected chi connectivity index (χ3v) is 8.93. The van der Waals surface area contributed by atoms with E-state index in [2.05, 4.69) is 19.1 Å². The number of rotatable bonds is 11. The average Bonchev–Trinajstić information content (AvgIpc) is 2.91. The second-order valence-electron chi connectivity index (χ2n) is 11.3. The summed E-state index contributed by atoms with van der Waals surface area (Å²) in [4.78, 5) is 0. The molecule has 2 fully saturated rings. The Hall–Kier alpha value is -1.62. The van der Waals surface area contributed by atoms with Crippen molar-refractivity contribution in [2.24, 2.45) is 29.6 Å². The molecule has 0 aromatic heterocycles. The van der Waals surface area contributed by atoms with Crippen LogP contribution < -0.4 is 9.47 Å². The van der Waals surface area contributed by atoms with Crippen LogP contribution in [0.15, 0.2) is 24.3 Å². The van der Waals surface area contributed by atoms with Gasteiger partial charge in [0.15, 0.2) is 11.5 Å². The first-order valence-corrected chi connectivity index (χ1v) is 14.6. The number of hydrogen-bond donors (Lipinski definition) is 0. The third kappa shape index (κ3) is 7.46. The molecule has 2 atom stereocenters. The van der Waals surface area contributed by atoms with Gasteiger partial charge in [0, 0.05) is 6.61 Å². The van der Waals surface area contributed by atoms with Gasteiger partial charge in [0.1, 0.15) is 0 Å². The van der Waals surface area contributed by atoms with Crippen LogP contribution in [0.2, 0.25) is 0 Å². The highest BCUT2D eigenvalue weighted by atomic mass is 19.2. The van der Waals surface area contributed by atoms with Crippen LogP contribution in [-0.2, 0) is 4.74 Å². The largest absolute Gasteiger partial charge is 0.491 e.